The fourth-order valence-electron chi connectivity index (χ4n) is 0.589. The molecule has 0 bridgehead atoms. The van der Waals surface area contributed by atoms with Crippen molar-refractivity contribution in [1.29, 1.82) is 0 Å². The molecule has 0 aliphatic rings. The van der Waals surface area contributed by atoms with Gasteiger partial charge in [0.25, 0.3) is 0 Å². The van der Waals surface area contributed by atoms with Crippen molar-refractivity contribution < 1.29 is 17.4 Å². The van der Waals surface area contributed by atoms with E-state index in [1.165, 1.54) is 0 Å². The van der Waals surface area contributed by atoms with Crippen molar-refractivity contribution in [1.82, 2.24) is 9.78 Å². The molecule has 1 unspecified atom stereocenters. The normalized spacial score (nSPS) is 13.8. The number of alkyl halides is 2. The lowest BCUT2D eigenvalue weighted by molar-refractivity contribution is 0.0552. The number of hydrogen-bond acceptors (Lipinski definition) is 2. The predicted octanol–water partition coefficient (Wildman–Crippen LogP) is 0.399. The molecule has 2 N–H and O–H groups in total. The van der Waals surface area contributed by atoms with Crippen LogP contribution in [0.4, 0.5) is 13.2 Å². The second-order valence-electron chi connectivity index (χ2n) is 1.84. The third kappa shape index (κ3) is 1.64. The maximum Gasteiger partial charge on any atom is 0.333 e. The Bertz CT molecular complexity index is 312. The minimum Gasteiger partial charge on any atom is -0.246 e. The quantitative estimate of drug-likeness (QED) is 0.749. The molecule has 1 rings (SSSR count). The van der Waals surface area contributed by atoms with E-state index in [0.717, 1.165) is 0 Å². The number of rotatable bonds is 2. The lowest BCUT2D eigenvalue weighted by atomic mass is 10.7. The van der Waals surface area contributed by atoms with Crippen LogP contribution >= 0.6 is 0 Å². The molecule has 0 fully saturated rings. The summed E-state index contributed by atoms with van der Waals surface area (Å²) in [5, 5.41) is 7.04. The molecule has 1 aromatic heterocycles. The molecule has 0 saturated carbocycles. The zero-order chi connectivity index (χ0) is 9.30. The zero-order valence-corrected chi connectivity index (χ0v) is 6.39. The molecule has 1 atom stereocenters. The first-order valence-electron chi connectivity index (χ1n) is 2.71. The summed E-state index contributed by atoms with van der Waals surface area (Å²) in [5.74, 6) is -1.10. The van der Waals surface area contributed by atoms with Gasteiger partial charge in [0.15, 0.2) is 10.8 Å². The summed E-state index contributed by atoms with van der Waals surface area (Å²) in [6.45, 7) is -2.96. The Balaban J connectivity index is 3.09. The van der Waals surface area contributed by atoms with E-state index >= 15 is 0 Å². The second-order valence-corrected chi connectivity index (χ2v) is 2.82. The molecule has 0 aliphatic carbocycles. The minimum absolute atomic E-state index is 0.0510. The van der Waals surface area contributed by atoms with Crippen LogP contribution in [0.1, 0.15) is 6.55 Å². The smallest absolute Gasteiger partial charge is 0.246 e. The standard InChI is InChI=1S/C4H4F3N3OS/c5-2-1-10(4(6)7)9-3(2)12(8)11/h1,4H,8H2. The van der Waals surface area contributed by atoms with E-state index < -0.39 is 28.4 Å². The first-order valence-corrected chi connectivity index (χ1v) is 3.92. The van der Waals surface area contributed by atoms with Gasteiger partial charge in [0, 0.05) is 0 Å². The van der Waals surface area contributed by atoms with Crippen LogP contribution in [-0.4, -0.2) is 14.0 Å². The fraction of sp³-hybridized carbons (Fsp3) is 0.250. The molecule has 8 heteroatoms. The first kappa shape index (κ1) is 9.20. The molecule has 0 amide bonds. The monoisotopic (exact) mass is 199 g/mol. The topological polar surface area (TPSA) is 60.9 Å². The van der Waals surface area contributed by atoms with E-state index in [4.69, 9.17) is 5.14 Å². The van der Waals surface area contributed by atoms with Gasteiger partial charge < -0.3 is 0 Å². The number of nitrogens with zero attached hydrogens (tertiary/aromatic N) is 2. The minimum atomic E-state index is -2.96. The Kier molecular flexibility index (Phi) is 2.48. The van der Waals surface area contributed by atoms with E-state index in [1.807, 2.05) is 0 Å². The molecule has 1 heterocycles. The van der Waals surface area contributed by atoms with Gasteiger partial charge in [-0.1, -0.05) is 0 Å². The molecule has 0 spiro atoms. The number of halogens is 3. The molecule has 4 nitrogen and oxygen atoms in total. The zero-order valence-electron chi connectivity index (χ0n) is 5.58. The fourth-order valence-corrected chi connectivity index (χ4v) is 1.01. The van der Waals surface area contributed by atoms with Gasteiger partial charge in [-0.3, -0.25) is 0 Å². The Labute approximate surface area is 67.7 Å². The number of aromatic nitrogens is 2. The van der Waals surface area contributed by atoms with Crippen LogP contribution in [-0.2, 0) is 11.0 Å². The summed E-state index contributed by atoms with van der Waals surface area (Å²) in [5.41, 5.74) is 0. The SMILES string of the molecule is NS(=O)c1nn(C(F)F)cc1F. The lowest BCUT2D eigenvalue weighted by Crippen LogP contribution is -2.06. The van der Waals surface area contributed by atoms with Crippen molar-refractivity contribution in [2.24, 2.45) is 5.14 Å². The van der Waals surface area contributed by atoms with Crippen molar-refractivity contribution in [3.63, 3.8) is 0 Å². The van der Waals surface area contributed by atoms with E-state index in [1.54, 1.807) is 0 Å². The molecule has 12 heavy (non-hydrogen) atoms. The van der Waals surface area contributed by atoms with Gasteiger partial charge >= 0.3 is 6.55 Å². The van der Waals surface area contributed by atoms with Crippen molar-refractivity contribution in [3.05, 3.63) is 12.0 Å². The van der Waals surface area contributed by atoms with Gasteiger partial charge in [0.2, 0.25) is 0 Å². The average molecular weight is 199 g/mol. The van der Waals surface area contributed by atoms with Crippen LogP contribution in [0.2, 0.25) is 0 Å². The van der Waals surface area contributed by atoms with E-state index in [2.05, 4.69) is 5.10 Å². The molecule has 0 saturated heterocycles. The first-order chi connectivity index (χ1) is 5.52. The highest BCUT2D eigenvalue weighted by atomic mass is 32.2. The van der Waals surface area contributed by atoms with Crippen molar-refractivity contribution in [3.8, 4) is 0 Å². The van der Waals surface area contributed by atoms with Crippen LogP contribution in [0.25, 0.3) is 0 Å². The van der Waals surface area contributed by atoms with E-state index in [-0.39, 0.29) is 4.68 Å². The molecule has 68 valence electrons. The third-order valence-electron chi connectivity index (χ3n) is 1.05. The maximum absolute atomic E-state index is 12.5. The molecule has 0 aliphatic heterocycles. The summed E-state index contributed by atoms with van der Waals surface area (Å²) in [7, 11) is -2.18. The highest BCUT2D eigenvalue weighted by Crippen LogP contribution is 2.13. The van der Waals surface area contributed by atoms with Crippen LogP contribution in [0.15, 0.2) is 11.2 Å². The van der Waals surface area contributed by atoms with Crippen LogP contribution < -0.4 is 5.14 Å². The highest BCUT2D eigenvalue weighted by molar-refractivity contribution is 7.82. The van der Waals surface area contributed by atoms with Crippen molar-refractivity contribution >= 4 is 11.0 Å². The summed E-state index contributed by atoms with van der Waals surface area (Å²) in [6, 6.07) is 0. The van der Waals surface area contributed by atoms with Gasteiger partial charge in [-0.05, 0) is 0 Å². The summed E-state index contributed by atoms with van der Waals surface area (Å²) in [4.78, 5) is 0. The number of nitrogens with two attached hydrogens (primary N) is 1. The lowest BCUT2D eigenvalue weighted by Gasteiger charge is -1.94. The van der Waals surface area contributed by atoms with Gasteiger partial charge in [-0.15, -0.1) is 0 Å². The highest BCUT2D eigenvalue weighted by Gasteiger charge is 2.16. The van der Waals surface area contributed by atoms with Crippen LogP contribution in [0.5, 0.6) is 0 Å². The summed E-state index contributed by atoms with van der Waals surface area (Å²) in [6.07, 6.45) is 0.435. The second kappa shape index (κ2) is 3.23. The van der Waals surface area contributed by atoms with E-state index in [0.29, 0.717) is 6.20 Å². The van der Waals surface area contributed by atoms with Gasteiger partial charge in [0.05, 0.1) is 6.20 Å². The molecular weight excluding hydrogens is 195 g/mol. The Morgan fingerprint density at radius 2 is 2.25 bits per heavy atom. The van der Waals surface area contributed by atoms with E-state index in [9.17, 15) is 17.4 Å². The molecule has 0 radical (unpaired) electrons. The average Bonchev–Trinajstić information content (AvgIpc) is 2.30. The maximum atomic E-state index is 12.5. The molecule has 0 aromatic carbocycles. The van der Waals surface area contributed by atoms with Gasteiger partial charge in [-0.25, -0.2) is 18.4 Å². The third-order valence-corrected chi connectivity index (χ3v) is 1.70. The molecule has 1 aromatic rings. The van der Waals surface area contributed by atoms with Crippen LogP contribution in [0.3, 0.4) is 0 Å². The summed E-state index contributed by atoms with van der Waals surface area (Å²) >= 11 is 0. The predicted molar refractivity (Wildman–Crippen MR) is 34.0 cm³/mol. The van der Waals surface area contributed by atoms with Crippen LogP contribution in [0, 0.1) is 5.82 Å². The number of hydrogen-bond donors (Lipinski definition) is 1. The van der Waals surface area contributed by atoms with Gasteiger partial charge in [0.1, 0.15) is 11.0 Å². The van der Waals surface area contributed by atoms with Crippen molar-refractivity contribution in [2.75, 3.05) is 0 Å². The molecular formula is C4H4F3N3OS. The Hall–Kier alpha value is -0.890. The van der Waals surface area contributed by atoms with Gasteiger partial charge in [-0.2, -0.15) is 13.9 Å². The Morgan fingerprint density at radius 1 is 1.67 bits per heavy atom. The van der Waals surface area contributed by atoms with Crippen molar-refractivity contribution in [2.45, 2.75) is 11.6 Å². The Morgan fingerprint density at radius 3 is 2.50 bits per heavy atom. The summed E-state index contributed by atoms with van der Waals surface area (Å²) < 4.78 is 46.6. The largest absolute Gasteiger partial charge is 0.333 e.